The standard InChI is InChI=1S/C17H19NO/c1-3-11-19-17-10-5-4-8-15(17)13-18-16-9-6-7-14(2)12-16/h3-10,12,18H,1,11,13H2,2H3. The summed E-state index contributed by atoms with van der Waals surface area (Å²) in [5.41, 5.74) is 3.52. The van der Waals surface area contributed by atoms with E-state index in [1.165, 1.54) is 5.56 Å². The molecule has 2 rings (SSSR count). The summed E-state index contributed by atoms with van der Waals surface area (Å²) in [6.07, 6.45) is 1.75. The summed E-state index contributed by atoms with van der Waals surface area (Å²) < 4.78 is 5.64. The van der Waals surface area contributed by atoms with E-state index in [4.69, 9.17) is 4.74 Å². The molecule has 0 fully saturated rings. The fourth-order valence-electron chi connectivity index (χ4n) is 1.89. The second-order valence-electron chi connectivity index (χ2n) is 4.43. The van der Waals surface area contributed by atoms with E-state index in [1.54, 1.807) is 6.08 Å². The van der Waals surface area contributed by atoms with Crippen LogP contribution in [0.15, 0.2) is 61.2 Å². The third-order valence-corrected chi connectivity index (χ3v) is 2.83. The monoisotopic (exact) mass is 253 g/mol. The lowest BCUT2D eigenvalue weighted by Gasteiger charge is -2.12. The molecule has 98 valence electrons. The summed E-state index contributed by atoms with van der Waals surface area (Å²) in [4.78, 5) is 0. The van der Waals surface area contributed by atoms with Crippen LogP contribution < -0.4 is 10.1 Å². The van der Waals surface area contributed by atoms with Gasteiger partial charge in [0.1, 0.15) is 12.4 Å². The fraction of sp³-hybridized carbons (Fsp3) is 0.176. The molecule has 2 aromatic carbocycles. The molecule has 0 heterocycles. The summed E-state index contributed by atoms with van der Waals surface area (Å²) in [7, 11) is 0. The van der Waals surface area contributed by atoms with Crippen molar-refractivity contribution in [2.45, 2.75) is 13.5 Å². The zero-order valence-corrected chi connectivity index (χ0v) is 11.2. The molecule has 0 radical (unpaired) electrons. The van der Waals surface area contributed by atoms with Gasteiger partial charge in [0.2, 0.25) is 0 Å². The third-order valence-electron chi connectivity index (χ3n) is 2.83. The SMILES string of the molecule is C=CCOc1ccccc1CNc1cccc(C)c1. The van der Waals surface area contributed by atoms with Gasteiger partial charge in [-0.3, -0.25) is 0 Å². The average Bonchev–Trinajstić information content (AvgIpc) is 2.44. The molecule has 0 amide bonds. The highest BCUT2D eigenvalue weighted by Gasteiger charge is 2.02. The van der Waals surface area contributed by atoms with Crippen molar-refractivity contribution >= 4 is 5.69 Å². The lowest BCUT2D eigenvalue weighted by Crippen LogP contribution is -2.03. The van der Waals surface area contributed by atoms with Crippen LogP contribution in [-0.4, -0.2) is 6.61 Å². The van der Waals surface area contributed by atoms with Crippen molar-refractivity contribution < 1.29 is 4.74 Å². The molecule has 0 saturated heterocycles. The maximum absolute atomic E-state index is 5.64. The van der Waals surface area contributed by atoms with Crippen LogP contribution >= 0.6 is 0 Å². The van der Waals surface area contributed by atoms with Crippen molar-refractivity contribution in [1.29, 1.82) is 0 Å². The summed E-state index contributed by atoms with van der Waals surface area (Å²) in [5, 5.41) is 3.41. The van der Waals surface area contributed by atoms with Crippen LogP contribution in [0, 0.1) is 6.92 Å². The zero-order valence-electron chi connectivity index (χ0n) is 11.2. The number of nitrogens with one attached hydrogen (secondary N) is 1. The molecular formula is C17H19NO. The van der Waals surface area contributed by atoms with E-state index in [2.05, 4.69) is 49.2 Å². The van der Waals surface area contributed by atoms with Gasteiger partial charge in [-0.2, -0.15) is 0 Å². The maximum Gasteiger partial charge on any atom is 0.124 e. The molecule has 0 spiro atoms. The first kappa shape index (κ1) is 13.2. The Bertz CT molecular complexity index is 548. The van der Waals surface area contributed by atoms with Crippen molar-refractivity contribution in [1.82, 2.24) is 0 Å². The third kappa shape index (κ3) is 3.88. The Kier molecular flexibility index (Phi) is 4.62. The molecule has 19 heavy (non-hydrogen) atoms. The summed E-state index contributed by atoms with van der Waals surface area (Å²) >= 11 is 0. The number of rotatable bonds is 6. The van der Waals surface area contributed by atoms with Crippen molar-refractivity contribution in [3.05, 3.63) is 72.3 Å². The van der Waals surface area contributed by atoms with E-state index < -0.39 is 0 Å². The quantitative estimate of drug-likeness (QED) is 0.780. The van der Waals surface area contributed by atoms with Gasteiger partial charge in [0.25, 0.3) is 0 Å². The Morgan fingerprint density at radius 3 is 2.79 bits per heavy atom. The summed E-state index contributed by atoms with van der Waals surface area (Å²) in [6, 6.07) is 16.4. The molecule has 0 unspecified atom stereocenters. The molecule has 0 bridgehead atoms. The Morgan fingerprint density at radius 2 is 2.00 bits per heavy atom. The zero-order chi connectivity index (χ0) is 13.5. The second-order valence-corrected chi connectivity index (χ2v) is 4.43. The van der Waals surface area contributed by atoms with Gasteiger partial charge in [0, 0.05) is 17.8 Å². The molecule has 2 aromatic rings. The summed E-state index contributed by atoms with van der Waals surface area (Å²) in [6.45, 7) is 7.03. The predicted octanol–water partition coefficient (Wildman–Crippen LogP) is 4.17. The summed E-state index contributed by atoms with van der Waals surface area (Å²) in [5.74, 6) is 0.905. The Balaban J connectivity index is 2.04. The van der Waals surface area contributed by atoms with E-state index in [1.807, 2.05) is 18.2 Å². The minimum absolute atomic E-state index is 0.529. The van der Waals surface area contributed by atoms with Crippen molar-refractivity contribution in [3.63, 3.8) is 0 Å². The largest absolute Gasteiger partial charge is 0.489 e. The van der Waals surface area contributed by atoms with Gasteiger partial charge < -0.3 is 10.1 Å². The van der Waals surface area contributed by atoms with Gasteiger partial charge in [-0.1, -0.05) is 43.0 Å². The molecule has 0 aromatic heterocycles. The van der Waals surface area contributed by atoms with Crippen LogP contribution in [0.2, 0.25) is 0 Å². The smallest absolute Gasteiger partial charge is 0.124 e. The molecule has 0 atom stereocenters. The van der Waals surface area contributed by atoms with Crippen LogP contribution in [0.25, 0.3) is 0 Å². The highest BCUT2D eigenvalue weighted by Crippen LogP contribution is 2.20. The minimum atomic E-state index is 0.529. The molecule has 2 heteroatoms. The number of para-hydroxylation sites is 1. The Labute approximate surface area is 114 Å². The van der Waals surface area contributed by atoms with E-state index >= 15 is 0 Å². The number of ether oxygens (including phenoxy) is 1. The topological polar surface area (TPSA) is 21.3 Å². The number of aryl methyl sites for hydroxylation is 1. The lowest BCUT2D eigenvalue weighted by molar-refractivity contribution is 0.359. The first-order chi connectivity index (χ1) is 9.29. The van der Waals surface area contributed by atoms with Gasteiger partial charge in [-0.25, -0.2) is 0 Å². The number of anilines is 1. The van der Waals surface area contributed by atoms with E-state index in [0.717, 1.165) is 23.5 Å². The van der Waals surface area contributed by atoms with Gasteiger partial charge in [-0.15, -0.1) is 0 Å². The van der Waals surface area contributed by atoms with Crippen LogP contribution in [0.4, 0.5) is 5.69 Å². The minimum Gasteiger partial charge on any atom is -0.489 e. The first-order valence-electron chi connectivity index (χ1n) is 6.42. The van der Waals surface area contributed by atoms with Crippen molar-refractivity contribution in [2.24, 2.45) is 0 Å². The molecule has 1 N–H and O–H groups in total. The number of hydrogen-bond acceptors (Lipinski definition) is 2. The molecule has 0 saturated carbocycles. The Morgan fingerprint density at radius 1 is 1.16 bits per heavy atom. The molecule has 0 aliphatic carbocycles. The van der Waals surface area contributed by atoms with Gasteiger partial charge >= 0.3 is 0 Å². The van der Waals surface area contributed by atoms with Gasteiger partial charge in [-0.05, 0) is 30.7 Å². The molecule has 0 aliphatic heterocycles. The fourth-order valence-corrected chi connectivity index (χ4v) is 1.89. The van der Waals surface area contributed by atoms with Crippen LogP contribution in [0.5, 0.6) is 5.75 Å². The van der Waals surface area contributed by atoms with E-state index in [9.17, 15) is 0 Å². The van der Waals surface area contributed by atoms with Gasteiger partial charge in [0.15, 0.2) is 0 Å². The van der Waals surface area contributed by atoms with Crippen molar-refractivity contribution in [3.8, 4) is 5.75 Å². The maximum atomic E-state index is 5.64. The van der Waals surface area contributed by atoms with Gasteiger partial charge in [0.05, 0.1) is 0 Å². The van der Waals surface area contributed by atoms with E-state index in [-0.39, 0.29) is 0 Å². The highest BCUT2D eigenvalue weighted by atomic mass is 16.5. The average molecular weight is 253 g/mol. The lowest BCUT2D eigenvalue weighted by atomic mass is 10.2. The van der Waals surface area contributed by atoms with Crippen LogP contribution in [-0.2, 0) is 6.54 Å². The van der Waals surface area contributed by atoms with Crippen LogP contribution in [0.1, 0.15) is 11.1 Å². The molecular weight excluding hydrogens is 234 g/mol. The normalized spacial score (nSPS) is 9.95. The van der Waals surface area contributed by atoms with Crippen molar-refractivity contribution in [2.75, 3.05) is 11.9 Å². The molecule has 2 nitrogen and oxygen atoms in total. The second kappa shape index (κ2) is 6.64. The molecule has 0 aliphatic rings. The highest BCUT2D eigenvalue weighted by molar-refractivity contribution is 5.47. The number of benzene rings is 2. The number of hydrogen-bond donors (Lipinski definition) is 1. The van der Waals surface area contributed by atoms with E-state index in [0.29, 0.717) is 6.61 Å². The van der Waals surface area contributed by atoms with Crippen LogP contribution in [0.3, 0.4) is 0 Å². The Hall–Kier alpha value is -2.22. The first-order valence-corrected chi connectivity index (χ1v) is 6.42. The predicted molar refractivity (Wildman–Crippen MR) is 80.6 cm³/mol.